The van der Waals surface area contributed by atoms with Crippen molar-refractivity contribution >= 4 is 11.8 Å². The molecule has 0 saturated heterocycles. The van der Waals surface area contributed by atoms with Crippen molar-refractivity contribution in [2.45, 2.75) is 0 Å². The van der Waals surface area contributed by atoms with E-state index in [2.05, 4.69) is 10.5 Å². The maximum Gasteiger partial charge on any atom is 0.373 e. The maximum atomic E-state index is 10.3. The first-order valence-electron chi connectivity index (χ1n) is 2.74. The number of amidine groups is 1. The molecule has 5 heteroatoms. The molecule has 0 aliphatic carbocycles. The molecule has 0 rings (SSSR count). The molecule has 0 aromatic carbocycles. The Balaban J connectivity index is 4.27. The Hall–Kier alpha value is -1.26. The summed E-state index contributed by atoms with van der Waals surface area (Å²) < 4.78 is 0. The Morgan fingerprint density at radius 3 is 2.20 bits per heavy atom. The summed E-state index contributed by atoms with van der Waals surface area (Å²) in [5.41, 5.74) is 2.40. The second-order valence-corrected chi connectivity index (χ2v) is 1.86. The zero-order chi connectivity index (χ0) is 8.15. The van der Waals surface area contributed by atoms with E-state index in [9.17, 15) is 4.79 Å². The predicted octanol–water partition coefficient (Wildman–Crippen LogP) is -0.834. The van der Waals surface area contributed by atoms with Crippen molar-refractivity contribution in [1.82, 2.24) is 10.3 Å². The van der Waals surface area contributed by atoms with Crippen LogP contribution in [-0.2, 0) is 4.79 Å². The molecular weight excluding hydrogens is 134 g/mol. The van der Waals surface area contributed by atoms with Crippen LogP contribution in [-0.4, -0.2) is 43.0 Å². The van der Waals surface area contributed by atoms with E-state index in [1.165, 1.54) is 4.90 Å². The maximum absolute atomic E-state index is 10.3. The van der Waals surface area contributed by atoms with E-state index < -0.39 is 5.97 Å². The van der Waals surface area contributed by atoms with Crippen LogP contribution in [0.2, 0.25) is 0 Å². The van der Waals surface area contributed by atoms with Crippen LogP contribution in [0.5, 0.6) is 0 Å². The van der Waals surface area contributed by atoms with Gasteiger partial charge in [-0.25, -0.2) is 4.79 Å². The standard InChI is InChI=1S/C5H11N3O2/c1-6-7-4(5(9)10)8(2)3/h6H,1-3H3,(H,9,10)/b7-4+. The normalized spacial score (nSPS) is 10.9. The van der Waals surface area contributed by atoms with E-state index in [0.717, 1.165) is 0 Å². The first-order chi connectivity index (χ1) is 4.59. The molecule has 2 N–H and O–H groups in total. The highest BCUT2D eigenvalue weighted by Gasteiger charge is 2.10. The van der Waals surface area contributed by atoms with Crippen molar-refractivity contribution in [2.75, 3.05) is 21.1 Å². The minimum atomic E-state index is -1.04. The SMILES string of the molecule is CN/N=C(\C(=O)O)N(C)C. The van der Waals surface area contributed by atoms with Crippen molar-refractivity contribution < 1.29 is 9.90 Å². The number of likely N-dealkylation sites (N-methyl/N-ethyl adjacent to an activating group) is 1. The van der Waals surface area contributed by atoms with Crippen molar-refractivity contribution in [3.63, 3.8) is 0 Å². The molecule has 0 saturated carbocycles. The Bertz CT molecular complexity index is 153. The molecule has 58 valence electrons. The van der Waals surface area contributed by atoms with Crippen molar-refractivity contribution in [3.8, 4) is 0 Å². The number of aliphatic carboxylic acids is 1. The Morgan fingerprint density at radius 1 is 1.60 bits per heavy atom. The number of nitrogens with one attached hydrogen (secondary N) is 1. The number of nitrogens with zero attached hydrogens (tertiary/aromatic N) is 2. The molecule has 10 heavy (non-hydrogen) atoms. The Kier molecular flexibility index (Phi) is 3.24. The quantitative estimate of drug-likeness (QED) is 0.287. The molecule has 0 spiro atoms. The number of carbonyl (C=O) groups is 1. The van der Waals surface area contributed by atoms with Crippen molar-refractivity contribution in [1.29, 1.82) is 0 Å². The lowest BCUT2D eigenvalue weighted by Gasteiger charge is -2.09. The molecule has 0 fully saturated rings. The van der Waals surface area contributed by atoms with E-state index in [0.29, 0.717) is 0 Å². The number of rotatable bonds is 1. The summed E-state index contributed by atoms with van der Waals surface area (Å²) in [7, 11) is 4.78. The van der Waals surface area contributed by atoms with Gasteiger partial charge >= 0.3 is 5.97 Å². The van der Waals surface area contributed by atoms with Crippen LogP contribution in [0, 0.1) is 0 Å². The van der Waals surface area contributed by atoms with Crippen LogP contribution < -0.4 is 5.43 Å². The summed E-state index contributed by atoms with van der Waals surface area (Å²) in [5, 5.41) is 12.0. The molecule has 0 aromatic heterocycles. The molecule has 0 heterocycles. The third kappa shape index (κ3) is 2.34. The first kappa shape index (κ1) is 8.74. The van der Waals surface area contributed by atoms with Gasteiger partial charge in [-0.2, -0.15) is 5.10 Å². The molecule has 0 amide bonds. The molecule has 5 nitrogen and oxygen atoms in total. The van der Waals surface area contributed by atoms with E-state index in [1.54, 1.807) is 21.1 Å². The van der Waals surface area contributed by atoms with Gasteiger partial charge in [-0.15, -0.1) is 0 Å². The summed E-state index contributed by atoms with van der Waals surface area (Å²) in [6, 6.07) is 0. The monoisotopic (exact) mass is 145 g/mol. The second-order valence-electron chi connectivity index (χ2n) is 1.86. The summed E-state index contributed by atoms with van der Waals surface area (Å²) in [6.45, 7) is 0. The molecule has 0 radical (unpaired) electrons. The molecule has 0 bridgehead atoms. The van der Waals surface area contributed by atoms with Crippen LogP contribution in [0.15, 0.2) is 5.10 Å². The van der Waals surface area contributed by atoms with Gasteiger partial charge in [0, 0.05) is 21.1 Å². The van der Waals surface area contributed by atoms with Gasteiger partial charge in [-0.05, 0) is 0 Å². The molecule has 0 aliphatic rings. The van der Waals surface area contributed by atoms with Gasteiger partial charge in [-0.1, -0.05) is 0 Å². The van der Waals surface area contributed by atoms with Crippen molar-refractivity contribution in [3.05, 3.63) is 0 Å². The average Bonchev–Trinajstić information content (AvgIpc) is 1.81. The highest BCUT2D eigenvalue weighted by molar-refractivity contribution is 6.34. The fourth-order valence-corrected chi connectivity index (χ4v) is 0.445. The number of hydrazone groups is 1. The third-order valence-corrected chi connectivity index (χ3v) is 0.833. The number of carboxylic acids is 1. The van der Waals surface area contributed by atoms with Crippen LogP contribution in [0.1, 0.15) is 0 Å². The van der Waals surface area contributed by atoms with E-state index >= 15 is 0 Å². The van der Waals surface area contributed by atoms with Gasteiger partial charge in [0.15, 0.2) is 0 Å². The molecule has 0 atom stereocenters. The smallest absolute Gasteiger partial charge is 0.373 e. The molecule has 0 unspecified atom stereocenters. The van der Waals surface area contributed by atoms with Crippen molar-refractivity contribution in [2.24, 2.45) is 5.10 Å². The second kappa shape index (κ2) is 3.71. The minimum absolute atomic E-state index is 0.0116. The number of hydrogen-bond acceptors (Lipinski definition) is 3. The van der Waals surface area contributed by atoms with E-state index in [1.807, 2.05) is 0 Å². The lowest BCUT2D eigenvalue weighted by Crippen LogP contribution is -2.31. The van der Waals surface area contributed by atoms with Gasteiger partial charge < -0.3 is 15.4 Å². The van der Waals surface area contributed by atoms with Gasteiger partial charge in [0.1, 0.15) is 0 Å². The van der Waals surface area contributed by atoms with E-state index in [-0.39, 0.29) is 5.84 Å². The lowest BCUT2D eigenvalue weighted by molar-refractivity contribution is -0.130. The summed E-state index contributed by atoms with van der Waals surface area (Å²) >= 11 is 0. The zero-order valence-corrected chi connectivity index (χ0v) is 6.25. The zero-order valence-electron chi connectivity index (χ0n) is 6.25. The lowest BCUT2D eigenvalue weighted by atomic mass is 10.5. The van der Waals surface area contributed by atoms with Crippen LogP contribution in [0.4, 0.5) is 0 Å². The van der Waals surface area contributed by atoms with Crippen LogP contribution in [0.25, 0.3) is 0 Å². The fourth-order valence-electron chi connectivity index (χ4n) is 0.445. The largest absolute Gasteiger partial charge is 0.475 e. The van der Waals surface area contributed by atoms with Gasteiger partial charge in [0.05, 0.1) is 0 Å². The number of hydrogen-bond donors (Lipinski definition) is 2. The highest BCUT2D eigenvalue weighted by Crippen LogP contribution is 1.81. The van der Waals surface area contributed by atoms with Gasteiger partial charge in [0.25, 0.3) is 0 Å². The van der Waals surface area contributed by atoms with Gasteiger partial charge in [-0.3, -0.25) is 0 Å². The summed E-state index contributed by atoms with van der Waals surface area (Å²) in [4.78, 5) is 11.7. The fraction of sp³-hybridized carbons (Fsp3) is 0.600. The highest BCUT2D eigenvalue weighted by atomic mass is 16.4. The Labute approximate surface area is 59.3 Å². The molecule has 0 aliphatic heterocycles. The summed E-state index contributed by atoms with van der Waals surface area (Å²) in [6.07, 6.45) is 0. The number of carboxylic acid groups (broad SMARTS) is 1. The van der Waals surface area contributed by atoms with Crippen LogP contribution >= 0.6 is 0 Å². The molecule has 0 aromatic rings. The molecular formula is C5H11N3O2. The third-order valence-electron chi connectivity index (χ3n) is 0.833. The topological polar surface area (TPSA) is 64.9 Å². The van der Waals surface area contributed by atoms with Crippen LogP contribution in [0.3, 0.4) is 0 Å². The van der Waals surface area contributed by atoms with Gasteiger partial charge in [0.2, 0.25) is 5.84 Å². The van der Waals surface area contributed by atoms with E-state index in [4.69, 9.17) is 5.11 Å². The Morgan fingerprint density at radius 2 is 2.10 bits per heavy atom. The average molecular weight is 145 g/mol. The minimum Gasteiger partial charge on any atom is -0.475 e. The first-order valence-corrected chi connectivity index (χ1v) is 2.74. The predicted molar refractivity (Wildman–Crippen MR) is 37.8 cm³/mol. The summed E-state index contributed by atoms with van der Waals surface area (Å²) in [5.74, 6) is -1.05.